The van der Waals surface area contributed by atoms with Crippen LogP contribution >= 0.6 is 23.2 Å². The molecule has 2 saturated heterocycles. The van der Waals surface area contributed by atoms with Crippen LogP contribution in [0.2, 0.25) is 10.0 Å². The number of rotatable bonds is 5. The Balaban J connectivity index is 1.53. The standard InChI is InChI=1S/C23H25Cl2N3O3/c1-11-6-12(4-5-27-11)20-21(23(26)30)19-10-18(22(20)31-19)28(14-7-15(29)8-14)13-2-3-16(24)17(25)9-13/h2-6,9,14-15,18-22,29H,7-8,10H2,1H3,(H2,26,30). The second-order valence-corrected chi connectivity index (χ2v) is 9.73. The molecule has 164 valence electrons. The highest BCUT2D eigenvalue weighted by atomic mass is 35.5. The van der Waals surface area contributed by atoms with Crippen LogP contribution in [-0.4, -0.2) is 46.4 Å². The fourth-order valence-corrected chi connectivity index (χ4v) is 5.91. The Labute approximate surface area is 191 Å². The van der Waals surface area contributed by atoms with Crippen molar-refractivity contribution in [2.75, 3.05) is 4.90 Å². The lowest BCUT2D eigenvalue weighted by Gasteiger charge is -2.48. The van der Waals surface area contributed by atoms with Gasteiger partial charge >= 0.3 is 0 Å². The Hall–Kier alpha value is -1.86. The van der Waals surface area contributed by atoms with Gasteiger partial charge in [-0.1, -0.05) is 23.2 Å². The smallest absolute Gasteiger partial charge is 0.223 e. The fourth-order valence-electron chi connectivity index (χ4n) is 5.62. The summed E-state index contributed by atoms with van der Waals surface area (Å²) in [4.78, 5) is 19.0. The Kier molecular flexibility index (Phi) is 5.37. The zero-order chi connectivity index (χ0) is 21.9. The molecular weight excluding hydrogens is 437 g/mol. The van der Waals surface area contributed by atoms with Gasteiger partial charge in [0.25, 0.3) is 0 Å². The molecule has 5 atom stereocenters. The van der Waals surface area contributed by atoms with Crippen molar-refractivity contribution in [2.24, 2.45) is 11.7 Å². The highest BCUT2D eigenvalue weighted by Crippen LogP contribution is 2.52. The number of amides is 1. The summed E-state index contributed by atoms with van der Waals surface area (Å²) < 4.78 is 6.38. The quantitative estimate of drug-likeness (QED) is 0.711. The molecular formula is C23H25Cl2N3O3. The number of hydrogen-bond acceptors (Lipinski definition) is 5. The lowest BCUT2D eigenvalue weighted by atomic mass is 9.71. The summed E-state index contributed by atoms with van der Waals surface area (Å²) in [7, 11) is 0. The second-order valence-electron chi connectivity index (χ2n) is 8.91. The van der Waals surface area contributed by atoms with E-state index in [-0.39, 0.29) is 48.1 Å². The van der Waals surface area contributed by atoms with Crippen LogP contribution in [0, 0.1) is 12.8 Å². The summed E-state index contributed by atoms with van der Waals surface area (Å²) in [5, 5.41) is 11.0. The van der Waals surface area contributed by atoms with Gasteiger partial charge in [-0.2, -0.15) is 0 Å². The number of benzene rings is 1. The number of pyridine rings is 1. The Bertz CT molecular complexity index is 1010. The molecule has 1 aliphatic carbocycles. The summed E-state index contributed by atoms with van der Waals surface area (Å²) in [6, 6.07) is 9.80. The highest BCUT2D eigenvalue weighted by molar-refractivity contribution is 6.42. The van der Waals surface area contributed by atoms with Gasteiger partial charge in [0.15, 0.2) is 0 Å². The minimum absolute atomic E-state index is 0.0359. The first-order valence-corrected chi connectivity index (χ1v) is 11.4. The van der Waals surface area contributed by atoms with Crippen molar-refractivity contribution >= 4 is 34.8 Å². The van der Waals surface area contributed by atoms with Crippen molar-refractivity contribution in [1.82, 2.24) is 4.98 Å². The molecule has 3 N–H and O–H groups in total. The van der Waals surface area contributed by atoms with Crippen LogP contribution in [0.4, 0.5) is 5.69 Å². The third-order valence-electron chi connectivity index (χ3n) is 7.00. The maximum atomic E-state index is 12.4. The van der Waals surface area contributed by atoms with E-state index in [9.17, 15) is 9.90 Å². The predicted octanol–water partition coefficient (Wildman–Crippen LogP) is 3.45. The number of aryl methyl sites for hydroxylation is 1. The minimum atomic E-state index is -0.370. The topological polar surface area (TPSA) is 88.7 Å². The third-order valence-corrected chi connectivity index (χ3v) is 7.74. The summed E-state index contributed by atoms with van der Waals surface area (Å²) in [5.74, 6) is -0.838. The number of anilines is 1. The Morgan fingerprint density at radius 3 is 2.61 bits per heavy atom. The van der Waals surface area contributed by atoms with E-state index in [1.54, 1.807) is 12.3 Å². The SMILES string of the molecule is Cc1cc(C2C3OC(CC3N(c3ccc(Cl)c(Cl)c3)C3CC(O)C3)C2C(N)=O)ccn1. The molecule has 3 heterocycles. The molecule has 3 aliphatic rings. The zero-order valence-electron chi connectivity index (χ0n) is 17.1. The van der Waals surface area contributed by atoms with Crippen LogP contribution in [0.25, 0.3) is 0 Å². The van der Waals surface area contributed by atoms with Crippen LogP contribution in [-0.2, 0) is 9.53 Å². The predicted molar refractivity (Wildman–Crippen MR) is 119 cm³/mol. The van der Waals surface area contributed by atoms with Crippen LogP contribution in [0.15, 0.2) is 36.5 Å². The molecule has 6 nitrogen and oxygen atoms in total. The van der Waals surface area contributed by atoms with Crippen molar-refractivity contribution in [1.29, 1.82) is 0 Å². The number of nitrogens with zero attached hydrogens (tertiary/aromatic N) is 2. The number of ether oxygens (including phenoxy) is 1. The number of primary amides is 1. The van der Waals surface area contributed by atoms with Gasteiger partial charge in [-0.3, -0.25) is 9.78 Å². The minimum Gasteiger partial charge on any atom is -0.393 e. The van der Waals surface area contributed by atoms with E-state index >= 15 is 0 Å². The van der Waals surface area contributed by atoms with E-state index in [0.717, 1.165) is 16.9 Å². The normalized spacial score (nSPS) is 33.9. The van der Waals surface area contributed by atoms with Gasteiger partial charge < -0.3 is 20.5 Å². The highest BCUT2D eigenvalue weighted by Gasteiger charge is 2.59. The summed E-state index contributed by atoms with van der Waals surface area (Å²) >= 11 is 12.5. The molecule has 1 aromatic carbocycles. The molecule has 5 unspecified atom stereocenters. The first-order chi connectivity index (χ1) is 14.8. The van der Waals surface area contributed by atoms with E-state index in [2.05, 4.69) is 9.88 Å². The number of aromatic nitrogens is 1. The van der Waals surface area contributed by atoms with Crippen molar-refractivity contribution < 1.29 is 14.6 Å². The van der Waals surface area contributed by atoms with Crippen LogP contribution < -0.4 is 10.6 Å². The number of hydrogen-bond donors (Lipinski definition) is 2. The van der Waals surface area contributed by atoms with E-state index < -0.39 is 0 Å². The maximum Gasteiger partial charge on any atom is 0.223 e. The molecule has 1 amide bonds. The molecule has 1 saturated carbocycles. The average Bonchev–Trinajstić information content (AvgIpc) is 3.28. The van der Waals surface area contributed by atoms with Crippen molar-refractivity contribution in [2.45, 2.75) is 62.5 Å². The number of carbonyl (C=O) groups excluding carboxylic acids is 1. The molecule has 3 fully saturated rings. The van der Waals surface area contributed by atoms with Crippen LogP contribution in [0.1, 0.15) is 36.4 Å². The number of nitrogens with two attached hydrogens (primary N) is 1. The van der Waals surface area contributed by atoms with Gasteiger partial charge in [-0.15, -0.1) is 0 Å². The number of fused-ring (bicyclic) bond motifs is 2. The molecule has 1 aromatic heterocycles. The summed E-state index contributed by atoms with van der Waals surface area (Å²) in [6.07, 6.45) is 3.11. The summed E-state index contributed by atoms with van der Waals surface area (Å²) in [5.41, 5.74) is 8.69. The molecule has 2 aliphatic heterocycles. The first-order valence-electron chi connectivity index (χ1n) is 10.6. The van der Waals surface area contributed by atoms with Gasteiger partial charge in [0.2, 0.25) is 5.91 Å². The Morgan fingerprint density at radius 1 is 1.19 bits per heavy atom. The van der Waals surface area contributed by atoms with E-state index in [0.29, 0.717) is 29.3 Å². The van der Waals surface area contributed by atoms with Gasteiger partial charge in [0.05, 0.1) is 40.3 Å². The van der Waals surface area contributed by atoms with E-state index in [4.69, 9.17) is 33.7 Å². The average molecular weight is 462 g/mol. The van der Waals surface area contributed by atoms with E-state index in [1.807, 2.05) is 31.2 Å². The van der Waals surface area contributed by atoms with Crippen molar-refractivity contribution in [3.05, 3.63) is 57.8 Å². The second kappa shape index (κ2) is 7.93. The van der Waals surface area contributed by atoms with Crippen molar-refractivity contribution in [3.63, 3.8) is 0 Å². The first kappa shape index (κ1) is 21.0. The monoisotopic (exact) mass is 461 g/mol. The lowest BCUT2D eigenvalue weighted by Crippen LogP contribution is -2.57. The number of aliphatic hydroxyl groups excluding tert-OH is 1. The molecule has 31 heavy (non-hydrogen) atoms. The van der Waals surface area contributed by atoms with Gasteiger partial charge in [0, 0.05) is 29.5 Å². The summed E-state index contributed by atoms with van der Waals surface area (Å²) in [6.45, 7) is 1.94. The fraction of sp³-hybridized carbons (Fsp3) is 0.478. The van der Waals surface area contributed by atoms with Crippen LogP contribution in [0.5, 0.6) is 0 Å². The zero-order valence-corrected chi connectivity index (χ0v) is 18.6. The number of aliphatic hydroxyl groups is 1. The van der Waals surface area contributed by atoms with E-state index in [1.165, 1.54) is 0 Å². The van der Waals surface area contributed by atoms with Gasteiger partial charge in [0.1, 0.15) is 0 Å². The van der Waals surface area contributed by atoms with Crippen molar-refractivity contribution in [3.8, 4) is 0 Å². The molecule has 2 aromatic rings. The Morgan fingerprint density at radius 2 is 1.97 bits per heavy atom. The number of halogens is 2. The van der Waals surface area contributed by atoms with Gasteiger partial charge in [-0.05, 0) is 62.1 Å². The van der Waals surface area contributed by atoms with Gasteiger partial charge in [-0.25, -0.2) is 0 Å². The third kappa shape index (κ3) is 3.59. The lowest BCUT2D eigenvalue weighted by molar-refractivity contribution is -0.123. The molecule has 5 rings (SSSR count). The number of carbonyl (C=O) groups is 1. The van der Waals surface area contributed by atoms with Crippen LogP contribution in [0.3, 0.4) is 0 Å². The molecule has 0 spiro atoms. The maximum absolute atomic E-state index is 12.4. The molecule has 2 bridgehead atoms. The molecule has 0 radical (unpaired) electrons. The largest absolute Gasteiger partial charge is 0.393 e. The molecule has 8 heteroatoms.